The third-order valence-corrected chi connectivity index (χ3v) is 4.51. The Morgan fingerprint density at radius 2 is 2.12 bits per heavy atom. The molecule has 0 saturated heterocycles. The molecule has 0 aliphatic heterocycles. The SMILES string of the molecule is CC1(C)C(Cl)CC1Nc1nc(C(F)(F)F)ns1. The molecule has 3 nitrogen and oxygen atoms in total. The Balaban J connectivity index is 2.04. The van der Waals surface area contributed by atoms with Gasteiger partial charge in [0, 0.05) is 28.4 Å². The van der Waals surface area contributed by atoms with E-state index in [1.807, 2.05) is 13.8 Å². The summed E-state index contributed by atoms with van der Waals surface area (Å²) in [4.78, 5) is 3.42. The fraction of sp³-hybridized carbons (Fsp3) is 0.778. The van der Waals surface area contributed by atoms with Crippen LogP contribution in [0.25, 0.3) is 0 Å². The summed E-state index contributed by atoms with van der Waals surface area (Å²) < 4.78 is 40.1. The van der Waals surface area contributed by atoms with Crippen LogP contribution in [0.4, 0.5) is 18.3 Å². The molecule has 2 unspecified atom stereocenters. The molecule has 1 aromatic rings. The molecule has 0 radical (unpaired) electrons. The first-order chi connectivity index (χ1) is 7.71. The van der Waals surface area contributed by atoms with Crippen LogP contribution in [-0.2, 0) is 6.18 Å². The Kier molecular flexibility index (Phi) is 3.02. The Bertz CT molecular complexity index is 418. The molecule has 1 fully saturated rings. The molecule has 96 valence electrons. The molecule has 1 heterocycles. The van der Waals surface area contributed by atoms with Gasteiger partial charge in [-0.3, -0.25) is 0 Å². The second kappa shape index (κ2) is 3.98. The van der Waals surface area contributed by atoms with Crippen molar-refractivity contribution in [3.05, 3.63) is 5.82 Å². The number of halogens is 4. The van der Waals surface area contributed by atoms with E-state index in [-0.39, 0.29) is 22.0 Å². The zero-order valence-electron chi connectivity index (χ0n) is 9.18. The molecule has 0 aromatic carbocycles. The molecule has 17 heavy (non-hydrogen) atoms. The number of aromatic nitrogens is 2. The van der Waals surface area contributed by atoms with Gasteiger partial charge in [0.05, 0.1) is 0 Å². The van der Waals surface area contributed by atoms with Crippen molar-refractivity contribution in [2.45, 2.75) is 37.9 Å². The number of alkyl halides is 4. The number of nitrogens with one attached hydrogen (secondary N) is 1. The summed E-state index contributed by atoms with van der Waals surface area (Å²) in [6.07, 6.45) is -3.77. The van der Waals surface area contributed by atoms with Gasteiger partial charge in [-0.2, -0.15) is 22.5 Å². The van der Waals surface area contributed by atoms with Gasteiger partial charge in [0.15, 0.2) is 0 Å². The van der Waals surface area contributed by atoms with Crippen LogP contribution in [0.15, 0.2) is 0 Å². The molecule has 2 rings (SSSR count). The van der Waals surface area contributed by atoms with Crippen LogP contribution in [0.3, 0.4) is 0 Å². The molecule has 1 aliphatic carbocycles. The van der Waals surface area contributed by atoms with Crippen LogP contribution in [0, 0.1) is 5.41 Å². The van der Waals surface area contributed by atoms with Crippen LogP contribution in [0.2, 0.25) is 0 Å². The summed E-state index contributed by atoms with van der Waals surface area (Å²) >= 11 is 6.75. The average Bonchev–Trinajstić information content (AvgIpc) is 2.65. The minimum Gasteiger partial charge on any atom is -0.357 e. The van der Waals surface area contributed by atoms with E-state index < -0.39 is 12.0 Å². The molecule has 0 spiro atoms. The minimum atomic E-state index is -4.49. The molecule has 1 aromatic heterocycles. The highest BCUT2D eigenvalue weighted by Crippen LogP contribution is 2.46. The number of nitrogens with zero attached hydrogens (tertiary/aromatic N) is 2. The van der Waals surface area contributed by atoms with E-state index in [4.69, 9.17) is 11.6 Å². The van der Waals surface area contributed by atoms with Crippen molar-refractivity contribution >= 4 is 28.3 Å². The molecule has 1 saturated carbocycles. The summed E-state index contributed by atoms with van der Waals surface area (Å²) in [6.45, 7) is 3.94. The maximum Gasteiger partial charge on any atom is 0.452 e. The highest BCUT2D eigenvalue weighted by molar-refractivity contribution is 7.09. The van der Waals surface area contributed by atoms with Crippen LogP contribution >= 0.6 is 23.1 Å². The van der Waals surface area contributed by atoms with Crippen LogP contribution in [-0.4, -0.2) is 20.8 Å². The van der Waals surface area contributed by atoms with Crippen molar-refractivity contribution in [2.24, 2.45) is 5.41 Å². The van der Waals surface area contributed by atoms with E-state index in [2.05, 4.69) is 14.7 Å². The van der Waals surface area contributed by atoms with E-state index in [0.29, 0.717) is 0 Å². The number of anilines is 1. The first kappa shape index (κ1) is 12.9. The standard InChI is InChI=1S/C9H11ClF3N3S/c1-8(2)4(10)3-5(8)14-7-15-6(16-17-7)9(11,12)13/h4-5H,3H2,1-2H3,(H,14,15,16). The number of hydrogen-bond donors (Lipinski definition) is 1. The minimum absolute atomic E-state index is 0.0370. The molecule has 1 N–H and O–H groups in total. The topological polar surface area (TPSA) is 37.8 Å². The van der Waals surface area contributed by atoms with Gasteiger partial charge in [0.1, 0.15) is 0 Å². The van der Waals surface area contributed by atoms with Crippen LogP contribution in [0.1, 0.15) is 26.1 Å². The normalized spacial score (nSPS) is 27.6. The lowest BCUT2D eigenvalue weighted by molar-refractivity contribution is -0.144. The van der Waals surface area contributed by atoms with Crippen LogP contribution in [0.5, 0.6) is 0 Å². The summed E-state index contributed by atoms with van der Waals surface area (Å²) in [7, 11) is 0. The van der Waals surface area contributed by atoms with E-state index in [0.717, 1.165) is 18.0 Å². The van der Waals surface area contributed by atoms with Gasteiger partial charge in [-0.15, -0.1) is 11.6 Å². The third kappa shape index (κ3) is 2.35. The quantitative estimate of drug-likeness (QED) is 0.847. The van der Waals surface area contributed by atoms with Crippen molar-refractivity contribution in [1.29, 1.82) is 0 Å². The fourth-order valence-corrected chi connectivity index (χ4v) is 2.63. The Morgan fingerprint density at radius 1 is 1.47 bits per heavy atom. The predicted molar refractivity (Wildman–Crippen MR) is 60.4 cm³/mol. The lowest BCUT2D eigenvalue weighted by atomic mass is 9.67. The van der Waals surface area contributed by atoms with Crippen molar-refractivity contribution in [2.75, 3.05) is 5.32 Å². The Labute approximate surface area is 106 Å². The molecule has 1 aliphatic rings. The molecule has 0 amide bonds. The summed E-state index contributed by atoms with van der Waals surface area (Å²) in [5.74, 6) is -1.09. The molecular weight excluding hydrogens is 275 g/mol. The molecule has 2 atom stereocenters. The highest BCUT2D eigenvalue weighted by Gasteiger charge is 2.47. The zero-order valence-corrected chi connectivity index (χ0v) is 10.7. The van der Waals surface area contributed by atoms with E-state index >= 15 is 0 Å². The van der Waals surface area contributed by atoms with Gasteiger partial charge < -0.3 is 5.32 Å². The summed E-state index contributed by atoms with van der Waals surface area (Å²) in [6, 6.07) is 0.0408. The van der Waals surface area contributed by atoms with Crippen molar-refractivity contribution in [3.8, 4) is 0 Å². The van der Waals surface area contributed by atoms with Gasteiger partial charge in [-0.25, -0.2) is 0 Å². The molecule has 8 heteroatoms. The largest absolute Gasteiger partial charge is 0.452 e. The Hall–Kier alpha value is -0.560. The maximum atomic E-state index is 12.3. The second-order valence-corrected chi connectivity index (χ2v) is 5.92. The van der Waals surface area contributed by atoms with Gasteiger partial charge in [-0.05, 0) is 6.42 Å². The van der Waals surface area contributed by atoms with Crippen molar-refractivity contribution in [3.63, 3.8) is 0 Å². The second-order valence-electron chi connectivity index (χ2n) is 4.64. The maximum absolute atomic E-state index is 12.3. The average molecular weight is 286 g/mol. The summed E-state index contributed by atoms with van der Waals surface area (Å²) in [5.41, 5.74) is -0.147. The predicted octanol–water partition coefficient (Wildman–Crippen LogP) is 3.37. The molecule has 0 bridgehead atoms. The van der Waals surface area contributed by atoms with E-state index in [1.165, 1.54) is 0 Å². The van der Waals surface area contributed by atoms with Gasteiger partial charge >= 0.3 is 6.18 Å². The fourth-order valence-electron chi connectivity index (χ4n) is 1.66. The number of rotatable bonds is 2. The van der Waals surface area contributed by atoms with Crippen molar-refractivity contribution in [1.82, 2.24) is 9.36 Å². The van der Waals surface area contributed by atoms with Gasteiger partial charge in [-0.1, -0.05) is 13.8 Å². The lowest BCUT2D eigenvalue weighted by Gasteiger charge is -2.49. The van der Waals surface area contributed by atoms with E-state index in [1.54, 1.807) is 0 Å². The lowest BCUT2D eigenvalue weighted by Crippen LogP contribution is -2.54. The smallest absolute Gasteiger partial charge is 0.357 e. The number of hydrogen-bond acceptors (Lipinski definition) is 4. The van der Waals surface area contributed by atoms with Crippen LogP contribution < -0.4 is 5.32 Å². The first-order valence-corrected chi connectivity index (χ1v) is 6.24. The summed E-state index contributed by atoms with van der Waals surface area (Å²) in [5, 5.41) is 3.18. The van der Waals surface area contributed by atoms with Gasteiger partial charge in [0.2, 0.25) is 11.0 Å². The molecular formula is C9H11ClF3N3S. The Morgan fingerprint density at radius 3 is 2.53 bits per heavy atom. The van der Waals surface area contributed by atoms with E-state index in [9.17, 15) is 13.2 Å². The third-order valence-electron chi connectivity index (χ3n) is 3.13. The monoisotopic (exact) mass is 285 g/mol. The van der Waals surface area contributed by atoms with Gasteiger partial charge in [0.25, 0.3) is 0 Å². The van der Waals surface area contributed by atoms with Crippen molar-refractivity contribution < 1.29 is 13.2 Å². The zero-order chi connectivity index (χ0) is 12.8. The first-order valence-electron chi connectivity index (χ1n) is 5.03. The highest BCUT2D eigenvalue weighted by atomic mass is 35.5.